The Bertz CT molecular complexity index is 307. The Kier molecular flexibility index (Phi) is 2.39. The van der Waals surface area contributed by atoms with Crippen LogP contribution in [0.15, 0.2) is 42.5 Å². The van der Waals surface area contributed by atoms with Crippen LogP contribution in [0.2, 0.25) is 0 Å². The van der Waals surface area contributed by atoms with E-state index in [0.717, 1.165) is 6.42 Å². The number of allylic oxidation sites excluding steroid dienone is 1. The van der Waals surface area contributed by atoms with Gasteiger partial charge in [0.2, 0.25) is 0 Å². The zero-order valence-corrected chi connectivity index (χ0v) is 7.52. The van der Waals surface area contributed by atoms with Gasteiger partial charge in [-0.2, -0.15) is 0 Å². The Morgan fingerprint density at radius 1 is 1.38 bits per heavy atom. The van der Waals surface area contributed by atoms with Gasteiger partial charge >= 0.3 is 0 Å². The predicted molar refractivity (Wildman–Crippen MR) is 53.4 cm³/mol. The third-order valence-electron chi connectivity index (χ3n) is 2.12. The molecule has 2 atom stereocenters. The van der Waals surface area contributed by atoms with Crippen LogP contribution >= 0.6 is 0 Å². The van der Waals surface area contributed by atoms with Crippen molar-refractivity contribution in [3.63, 3.8) is 0 Å². The molecular formula is C12H14O. The molecule has 68 valence electrons. The number of benzene rings is 1. The summed E-state index contributed by atoms with van der Waals surface area (Å²) in [5, 5.41) is 0. The van der Waals surface area contributed by atoms with Gasteiger partial charge in [0.15, 0.2) is 0 Å². The van der Waals surface area contributed by atoms with Crippen LogP contribution < -0.4 is 0 Å². The van der Waals surface area contributed by atoms with E-state index < -0.39 is 0 Å². The van der Waals surface area contributed by atoms with E-state index in [1.165, 1.54) is 5.56 Å². The molecule has 0 aliphatic heterocycles. The molecule has 1 aromatic carbocycles. The summed E-state index contributed by atoms with van der Waals surface area (Å²) in [6, 6.07) is 10.1. The molecule has 1 aliphatic rings. The number of hydrogen-bond acceptors (Lipinski definition) is 1. The van der Waals surface area contributed by atoms with E-state index in [4.69, 9.17) is 6.11 Å². The molecule has 0 bridgehead atoms. The first-order valence-corrected chi connectivity index (χ1v) is 4.61. The van der Waals surface area contributed by atoms with Crippen molar-refractivity contribution in [3.05, 3.63) is 48.0 Å². The van der Waals surface area contributed by atoms with Crippen molar-refractivity contribution in [3.8, 4) is 0 Å². The van der Waals surface area contributed by atoms with Crippen LogP contribution in [-0.4, -0.2) is 6.10 Å². The zero-order valence-electron chi connectivity index (χ0n) is 8.52. The molecule has 0 heterocycles. The summed E-state index contributed by atoms with van der Waals surface area (Å²) in [5.74, 6) is 0. The first kappa shape index (κ1) is 7.34. The van der Waals surface area contributed by atoms with Gasteiger partial charge in [0, 0.05) is 1.37 Å². The first-order chi connectivity index (χ1) is 6.86. The Morgan fingerprint density at radius 2 is 2.23 bits per heavy atom. The largest absolute Gasteiger partial charge is 0.369 e. The van der Waals surface area contributed by atoms with Crippen LogP contribution in [0.25, 0.3) is 0 Å². The predicted octanol–water partition coefficient (Wildman–Crippen LogP) is 2.92. The van der Waals surface area contributed by atoms with Crippen molar-refractivity contribution in [1.29, 1.82) is 0 Å². The molecule has 0 saturated heterocycles. The summed E-state index contributed by atoms with van der Waals surface area (Å²) in [6.07, 6.45) is 4.70. The van der Waals surface area contributed by atoms with E-state index in [1.807, 2.05) is 42.5 Å². The highest BCUT2D eigenvalue weighted by Crippen LogP contribution is 2.14. The molecule has 1 nitrogen and oxygen atoms in total. The summed E-state index contributed by atoms with van der Waals surface area (Å²) in [5.41, 5.74) is 1.17. The lowest BCUT2D eigenvalue weighted by Crippen LogP contribution is -2.05. The number of rotatable bonds is 3. The monoisotopic (exact) mass is 175 g/mol. The average Bonchev–Trinajstić information content (AvgIpc) is 2.63. The lowest BCUT2D eigenvalue weighted by Gasteiger charge is -2.09. The lowest BCUT2D eigenvalue weighted by molar-refractivity contribution is 0.0721. The summed E-state index contributed by atoms with van der Waals surface area (Å²) < 4.78 is 13.3. The highest BCUT2D eigenvalue weighted by Gasteiger charge is 2.08. The van der Waals surface area contributed by atoms with Crippen LogP contribution in [0.5, 0.6) is 0 Å². The highest BCUT2D eigenvalue weighted by atomic mass is 16.5. The topological polar surface area (TPSA) is 9.23 Å². The molecule has 0 fully saturated rings. The minimum Gasteiger partial charge on any atom is -0.369 e. The maximum atomic E-state index is 7.67. The second-order valence-electron chi connectivity index (χ2n) is 3.16. The summed E-state index contributed by atoms with van der Waals surface area (Å²) in [4.78, 5) is 0. The summed E-state index contributed by atoms with van der Waals surface area (Å²) in [6.45, 7) is 0.602. The number of ether oxygens (including phenoxy) is 1. The van der Waals surface area contributed by atoms with Crippen molar-refractivity contribution < 1.29 is 6.11 Å². The normalized spacial score (nSPS) is 27.5. The van der Waals surface area contributed by atoms with E-state index in [-0.39, 0.29) is 12.5 Å². The lowest BCUT2D eigenvalue weighted by atomic mass is 10.2. The van der Waals surface area contributed by atoms with Crippen molar-refractivity contribution in [2.45, 2.75) is 25.5 Å². The Hall–Kier alpha value is -1.08. The fourth-order valence-electron chi connectivity index (χ4n) is 1.39. The Balaban J connectivity index is 1.86. The van der Waals surface area contributed by atoms with Crippen molar-refractivity contribution >= 4 is 0 Å². The minimum absolute atomic E-state index is 0.0183. The van der Waals surface area contributed by atoms with E-state index in [9.17, 15) is 0 Å². The Labute approximate surface area is 80.4 Å². The maximum Gasteiger partial charge on any atom is 0.0763 e. The van der Waals surface area contributed by atoms with Gasteiger partial charge in [-0.05, 0) is 18.4 Å². The molecule has 1 aromatic rings. The zero-order chi connectivity index (χ0) is 9.80. The summed E-state index contributed by atoms with van der Waals surface area (Å²) >= 11 is 0. The summed E-state index contributed by atoms with van der Waals surface area (Å²) in [7, 11) is 0. The van der Waals surface area contributed by atoms with E-state index >= 15 is 0 Å². The van der Waals surface area contributed by atoms with Crippen LogP contribution in [0, 0.1) is 0 Å². The minimum atomic E-state index is -0.112. The molecular weight excluding hydrogens is 160 g/mol. The molecule has 0 unspecified atom stereocenters. The third kappa shape index (κ3) is 2.43. The fraction of sp³-hybridized carbons (Fsp3) is 0.333. The molecule has 2 rings (SSSR count). The van der Waals surface area contributed by atoms with E-state index in [1.54, 1.807) is 0 Å². The Morgan fingerprint density at radius 3 is 2.92 bits per heavy atom. The molecule has 0 saturated carbocycles. The second-order valence-corrected chi connectivity index (χ2v) is 3.16. The fourth-order valence-corrected chi connectivity index (χ4v) is 1.39. The van der Waals surface area contributed by atoms with Gasteiger partial charge < -0.3 is 4.74 Å². The number of hydrogen-bond donors (Lipinski definition) is 0. The van der Waals surface area contributed by atoms with E-state index in [2.05, 4.69) is 0 Å². The molecule has 0 aromatic heterocycles. The van der Waals surface area contributed by atoms with Crippen molar-refractivity contribution in [1.82, 2.24) is 0 Å². The van der Waals surface area contributed by atoms with Crippen molar-refractivity contribution in [2.75, 3.05) is 0 Å². The highest BCUT2D eigenvalue weighted by molar-refractivity contribution is 5.13. The van der Waals surface area contributed by atoms with Crippen LogP contribution in [0.3, 0.4) is 0 Å². The SMILES string of the molecule is [2H][C@H]1CC=C[C@@H]1OCc1ccccc1. The van der Waals surface area contributed by atoms with Gasteiger partial charge in [0.05, 0.1) is 12.7 Å². The maximum absolute atomic E-state index is 7.67. The van der Waals surface area contributed by atoms with Gasteiger partial charge in [-0.25, -0.2) is 0 Å². The third-order valence-corrected chi connectivity index (χ3v) is 2.12. The van der Waals surface area contributed by atoms with Gasteiger partial charge in [-0.15, -0.1) is 0 Å². The van der Waals surface area contributed by atoms with Crippen LogP contribution in [0.1, 0.15) is 19.8 Å². The molecule has 13 heavy (non-hydrogen) atoms. The van der Waals surface area contributed by atoms with E-state index in [0.29, 0.717) is 6.61 Å². The standard InChI is InChI=1S/C12H14O/c1-2-6-11(7-3-1)10-13-12-8-4-5-9-12/h1-4,6-8,12H,5,9-10H2/t12-/m0/s1/i9D/t9-,12-. The molecule has 0 amide bonds. The van der Waals surface area contributed by atoms with Gasteiger partial charge in [0.25, 0.3) is 0 Å². The smallest absolute Gasteiger partial charge is 0.0763 e. The first-order valence-electron chi connectivity index (χ1n) is 5.18. The van der Waals surface area contributed by atoms with Crippen molar-refractivity contribution in [2.24, 2.45) is 0 Å². The van der Waals surface area contributed by atoms with Gasteiger partial charge in [-0.3, -0.25) is 0 Å². The molecule has 0 N–H and O–H groups in total. The quantitative estimate of drug-likeness (QED) is 0.642. The van der Waals surface area contributed by atoms with Gasteiger partial charge in [-0.1, -0.05) is 42.5 Å². The second kappa shape index (κ2) is 4.24. The molecule has 0 radical (unpaired) electrons. The van der Waals surface area contributed by atoms with Crippen LogP contribution in [0.4, 0.5) is 0 Å². The molecule has 1 aliphatic carbocycles. The van der Waals surface area contributed by atoms with Crippen LogP contribution in [-0.2, 0) is 11.3 Å². The average molecular weight is 175 g/mol. The van der Waals surface area contributed by atoms with Gasteiger partial charge in [0.1, 0.15) is 0 Å². The molecule has 1 heteroatoms. The molecule has 0 spiro atoms.